The molecule has 0 unspecified atom stereocenters. The highest BCUT2D eigenvalue weighted by Gasteiger charge is 2.24. The van der Waals surface area contributed by atoms with Gasteiger partial charge in [-0.05, 0) is 25.0 Å². The Bertz CT molecular complexity index is 558. The number of ketones is 1. The van der Waals surface area contributed by atoms with Crippen molar-refractivity contribution in [2.45, 2.75) is 32.6 Å². The largest absolute Gasteiger partial charge is 0.511 e. The molecule has 19 heavy (non-hydrogen) atoms. The lowest BCUT2D eigenvalue weighted by Gasteiger charge is -2.16. The van der Waals surface area contributed by atoms with Crippen molar-refractivity contribution in [2.75, 3.05) is 0 Å². The van der Waals surface area contributed by atoms with E-state index in [-0.39, 0.29) is 17.3 Å². The third-order valence-electron chi connectivity index (χ3n) is 3.15. The number of carbonyl (C=O) groups excluding carboxylic acids is 1. The Kier molecular flexibility index (Phi) is 4.00. The molecule has 0 saturated heterocycles. The fraction of sp³-hybridized carbons (Fsp3) is 0.333. The number of rotatable bonds is 3. The zero-order chi connectivity index (χ0) is 13.8. The van der Waals surface area contributed by atoms with Gasteiger partial charge in [-0.25, -0.2) is 4.99 Å². The molecule has 0 fully saturated rings. The molecule has 0 saturated carbocycles. The maximum Gasteiger partial charge on any atom is 0.168 e. The second kappa shape index (κ2) is 5.69. The van der Waals surface area contributed by atoms with Crippen molar-refractivity contribution < 1.29 is 15.0 Å². The van der Waals surface area contributed by atoms with E-state index in [0.717, 1.165) is 0 Å². The highest BCUT2D eigenvalue weighted by Crippen LogP contribution is 2.29. The summed E-state index contributed by atoms with van der Waals surface area (Å²) in [6, 6.07) is 6.70. The number of aliphatic hydroxyl groups excluding tert-OH is 1. The molecule has 2 N–H and O–H groups in total. The highest BCUT2D eigenvalue weighted by molar-refractivity contribution is 6.23. The van der Waals surface area contributed by atoms with Crippen LogP contribution < -0.4 is 0 Å². The number of hydrogen-bond acceptors (Lipinski definition) is 4. The predicted octanol–water partition coefficient (Wildman–Crippen LogP) is 3.44. The van der Waals surface area contributed by atoms with Crippen molar-refractivity contribution in [3.63, 3.8) is 0 Å². The van der Waals surface area contributed by atoms with Gasteiger partial charge in [-0.3, -0.25) is 4.79 Å². The van der Waals surface area contributed by atoms with Crippen molar-refractivity contribution in [2.24, 2.45) is 4.99 Å². The number of hydrogen-bond donors (Lipinski definition) is 2. The second-order valence-electron chi connectivity index (χ2n) is 4.50. The molecular formula is C15H17NO3. The SMILES string of the molecule is CCC(=Nc1ccccc1O)C1=C(O)CCCC1=O. The molecule has 1 aliphatic carbocycles. The van der Waals surface area contributed by atoms with Gasteiger partial charge in [-0.1, -0.05) is 19.1 Å². The molecule has 0 radical (unpaired) electrons. The van der Waals surface area contributed by atoms with E-state index in [4.69, 9.17) is 0 Å². The first-order valence-corrected chi connectivity index (χ1v) is 6.44. The van der Waals surface area contributed by atoms with Crippen LogP contribution in [0.5, 0.6) is 5.75 Å². The molecule has 1 aromatic carbocycles. The van der Waals surface area contributed by atoms with Gasteiger partial charge in [-0.15, -0.1) is 0 Å². The maximum atomic E-state index is 11.9. The minimum absolute atomic E-state index is 0.0665. The van der Waals surface area contributed by atoms with Gasteiger partial charge in [0.05, 0.1) is 11.3 Å². The Labute approximate surface area is 112 Å². The maximum absolute atomic E-state index is 11.9. The molecule has 0 amide bonds. The van der Waals surface area contributed by atoms with Crippen LogP contribution in [0.25, 0.3) is 0 Å². The molecule has 1 aliphatic rings. The van der Waals surface area contributed by atoms with E-state index < -0.39 is 0 Å². The minimum atomic E-state index is -0.0697. The number of aliphatic imine (C=N–C) groups is 1. The van der Waals surface area contributed by atoms with Gasteiger partial charge in [0.25, 0.3) is 0 Å². The Morgan fingerprint density at radius 2 is 2.00 bits per heavy atom. The summed E-state index contributed by atoms with van der Waals surface area (Å²) >= 11 is 0. The van der Waals surface area contributed by atoms with Crippen LogP contribution in [0, 0.1) is 0 Å². The van der Waals surface area contributed by atoms with Crippen LogP contribution in [0.4, 0.5) is 5.69 Å². The van der Waals surface area contributed by atoms with E-state index in [0.29, 0.717) is 42.7 Å². The number of phenols is 1. The smallest absolute Gasteiger partial charge is 0.168 e. The summed E-state index contributed by atoms with van der Waals surface area (Å²) in [5, 5.41) is 19.6. The number of benzene rings is 1. The van der Waals surface area contributed by atoms with Crippen LogP contribution in [-0.4, -0.2) is 21.7 Å². The van der Waals surface area contributed by atoms with Crippen molar-refractivity contribution in [3.05, 3.63) is 35.6 Å². The molecule has 0 aromatic heterocycles. The molecule has 0 heterocycles. The molecule has 0 aliphatic heterocycles. The first-order chi connectivity index (χ1) is 9.13. The second-order valence-corrected chi connectivity index (χ2v) is 4.50. The van der Waals surface area contributed by atoms with Crippen LogP contribution in [0.15, 0.2) is 40.6 Å². The van der Waals surface area contributed by atoms with Gasteiger partial charge < -0.3 is 10.2 Å². The van der Waals surface area contributed by atoms with Crippen LogP contribution in [-0.2, 0) is 4.79 Å². The number of aromatic hydroxyl groups is 1. The first-order valence-electron chi connectivity index (χ1n) is 6.44. The number of Topliss-reactive ketones (excluding diaryl/α,β-unsaturated/α-hetero) is 1. The molecular weight excluding hydrogens is 242 g/mol. The highest BCUT2D eigenvalue weighted by atomic mass is 16.3. The Balaban J connectivity index is 2.45. The first kappa shape index (κ1) is 13.3. The molecule has 2 rings (SSSR count). The summed E-state index contributed by atoms with van der Waals surface area (Å²) < 4.78 is 0. The molecule has 1 aromatic rings. The van der Waals surface area contributed by atoms with Gasteiger partial charge in [0.15, 0.2) is 5.78 Å². The van der Waals surface area contributed by atoms with E-state index in [1.54, 1.807) is 24.3 Å². The lowest BCUT2D eigenvalue weighted by Crippen LogP contribution is -2.18. The van der Waals surface area contributed by atoms with Gasteiger partial charge in [0.2, 0.25) is 0 Å². The van der Waals surface area contributed by atoms with Gasteiger partial charge in [0.1, 0.15) is 17.2 Å². The molecule has 4 nitrogen and oxygen atoms in total. The van der Waals surface area contributed by atoms with Crippen LogP contribution in [0.3, 0.4) is 0 Å². The molecule has 0 spiro atoms. The van der Waals surface area contributed by atoms with Crippen molar-refractivity contribution in [1.82, 2.24) is 0 Å². The third-order valence-corrected chi connectivity index (χ3v) is 3.15. The summed E-state index contributed by atoms with van der Waals surface area (Å²) in [6.45, 7) is 1.88. The molecule has 0 bridgehead atoms. The summed E-state index contributed by atoms with van der Waals surface area (Å²) in [5.41, 5.74) is 1.28. The average Bonchev–Trinajstić information content (AvgIpc) is 2.39. The lowest BCUT2D eigenvalue weighted by molar-refractivity contribution is -0.115. The van der Waals surface area contributed by atoms with E-state index in [2.05, 4.69) is 4.99 Å². The fourth-order valence-electron chi connectivity index (χ4n) is 2.17. The minimum Gasteiger partial charge on any atom is -0.511 e. The molecule has 0 atom stereocenters. The quantitative estimate of drug-likeness (QED) is 0.817. The number of phenolic OH excluding ortho intramolecular Hbond substituents is 1. The van der Waals surface area contributed by atoms with E-state index in [1.807, 2.05) is 6.92 Å². The van der Waals surface area contributed by atoms with Crippen molar-refractivity contribution in [1.29, 1.82) is 0 Å². The van der Waals surface area contributed by atoms with Crippen LogP contribution in [0.2, 0.25) is 0 Å². The van der Waals surface area contributed by atoms with Gasteiger partial charge >= 0.3 is 0 Å². The van der Waals surface area contributed by atoms with Crippen LogP contribution in [0.1, 0.15) is 32.6 Å². The van der Waals surface area contributed by atoms with E-state index in [9.17, 15) is 15.0 Å². The zero-order valence-corrected chi connectivity index (χ0v) is 10.9. The van der Waals surface area contributed by atoms with Gasteiger partial charge in [-0.2, -0.15) is 0 Å². The van der Waals surface area contributed by atoms with E-state index in [1.165, 1.54) is 0 Å². The number of carbonyl (C=O) groups is 1. The normalized spacial score (nSPS) is 16.9. The summed E-state index contributed by atoms with van der Waals surface area (Å²) in [7, 11) is 0. The number of para-hydroxylation sites is 2. The fourth-order valence-corrected chi connectivity index (χ4v) is 2.17. The molecule has 4 heteroatoms. The molecule has 100 valence electrons. The van der Waals surface area contributed by atoms with E-state index >= 15 is 0 Å². The summed E-state index contributed by atoms with van der Waals surface area (Å²) in [6.07, 6.45) is 2.17. The average molecular weight is 259 g/mol. The zero-order valence-electron chi connectivity index (χ0n) is 10.9. The Hall–Kier alpha value is -2.10. The Morgan fingerprint density at radius 3 is 2.63 bits per heavy atom. The summed E-state index contributed by atoms with van der Waals surface area (Å²) in [5.74, 6) is 0.115. The van der Waals surface area contributed by atoms with Crippen molar-refractivity contribution in [3.8, 4) is 5.75 Å². The number of allylic oxidation sites excluding steroid dienone is 2. The lowest BCUT2D eigenvalue weighted by atomic mass is 9.92. The van der Waals surface area contributed by atoms with Crippen LogP contribution >= 0.6 is 0 Å². The number of aliphatic hydroxyl groups is 1. The summed E-state index contributed by atoms with van der Waals surface area (Å²) in [4.78, 5) is 16.2. The van der Waals surface area contributed by atoms with Crippen molar-refractivity contribution >= 4 is 17.2 Å². The topological polar surface area (TPSA) is 69.9 Å². The number of nitrogens with zero attached hydrogens (tertiary/aromatic N) is 1. The van der Waals surface area contributed by atoms with Gasteiger partial charge in [0, 0.05) is 12.8 Å². The standard InChI is InChI=1S/C15H17NO3/c1-2-10(15-13(18)8-5-9-14(15)19)16-11-6-3-4-7-12(11)17/h3-4,6-7,17-18H,2,5,8-9H2,1H3. The predicted molar refractivity (Wildman–Crippen MR) is 74.0 cm³/mol. The monoisotopic (exact) mass is 259 g/mol. The third kappa shape index (κ3) is 2.84. The Morgan fingerprint density at radius 1 is 1.26 bits per heavy atom.